The van der Waals surface area contributed by atoms with Gasteiger partial charge in [0.15, 0.2) is 0 Å². The van der Waals surface area contributed by atoms with Gasteiger partial charge >= 0.3 is 12.2 Å². The molecule has 10 heteroatoms. The molecule has 2 amide bonds. The van der Waals surface area contributed by atoms with Crippen LogP contribution in [0.25, 0.3) is 0 Å². The van der Waals surface area contributed by atoms with E-state index < -0.39 is 12.2 Å². The first-order chi connectivity index (χ1) is 21.0. The molecular formula is C33H28N4O6. The summed E-state index contributed by atoms with van der Waals surface area (Å²) in [7, 11) is 0. The van der Waals surface area contributed by atoms with Gasteiger partial charge in [0, 0.05) is 12.2 Å². The van der Waals surface area contributed by atoms with Gasteiger partial charge in [-0.2, -0.15) is 0 Å². The van der Waals surface area contributed by atoms with E-state index in [-0.39, 0.29) is 13.2 Å². The molecule has 0 aromatic heterocycles. The Hall–Kier alpha value is -6.00. The van der Waals surface area contributed by atoms with Gasteiger partial charge in [-0.3, -0.25) is 5.32 Å². The first-order valence-electron chi connectivity index (χ1n) is 13.4. The van der Waals surface area contributed by atoms with E-state index in [0.29, 0.717) is 42.2 Å². The van der Waals surface area contributed by atoms with Gasteiger partial charge in [0.1, 0.15) is 17.2 Å². The number of hydrogen-bond acceptors (Lipinski definition) is 8. The molecule has 0 saturated carbocycles. The van der Waals surface area contributed by atoms with Crippen LogP contribution in [0.2, 0.25) is 0 Å². The average molecular weight is 577 g/mol. The third kappa shape index (κ3) is 10.2. The molecule has 0 fully saturated rings. The van der Waals surface area contributed by atoms with Crippen LogP contribution in [0, 0.1) is 23.0 Å². The first kappa shape index (κ1) is 30.0. The molecule has 10 nitrogen and oxygen atoms in total. The second-order valence-electron chi connectivity index (χ2n) is 9.30. The van der Waals surface area contributed by atoms with Crippen molar-refractivity contribution < 1.29 is 28.5 Å². The Morgan fingerprint density at radius 2 is 1.05 bits per heavy atom. The standard InChI is InChI=1S/C33H28N4O6/c34-22-41-29-12-4-25(5-13-29)20-24-2-10-28(11-3-24)37-33(39)40-19-1-18-36-32(38)43-31-16-8-27(9-17-31)21-26-6-14-30(15-7-26)42-23-35/h2-17H,1,18-21H2,(H,36,38)(H,37,39). The van der Waals surface area contributed by atoms with Crippen molar-refractivity contribution in [3.8, 4) is 29.8 Å². The van der Waals surface area contributed by atoms with Gasteiger partial charge in [-0.15, -0.1) is 10.5 Å². The summed E-state index contributed by atoms with van der Waals surface area (Å²) in [4.78, 5) is 24.2. The summed E-state index contributed by atoms with van der Waals surface area (Å²) in [5.41, 5.74) is 4.79. The number of nitrogens with zero attached hydrogens (tertiary/aromatic N) is 2. The number of amides is 2. The van der Waals surface area contributed by atoms with E-state index in [1.165, 1.54) is 0 Å². The van der Waals surface area contributed by atoms with Gasteiger partial charge in [-0.1, -0.05) is 48.5 Å². The van der Waals surface area contributed by atoms with Crippen LogP contribution in [0.4, 0.5) is 15.3 Å². The topological polar surface area (TPSA) is 143 Å². The highest BCUT2D eigenvalue weighted by Crippen LogP contribution is 2.19. The van der Waals surface area contributed by atoms with Crippen molar-refractivity contribution in [2.24, 2.45) is 0 Å². The second kappa shape index (κ2) is 15.7. The van der Waals surface area contributed by atoms with Crippen LogP contribution in [0.5, 0.6) is 17.2 Å². The zero-order chi connectivity index (χ0) is 30.3. The molecule has 43 heavy (non-hydrogen) atoms. The van der Waals surface area contributed by atoms with Gasteiger partial charge in [-0.25, -0.2) is 9.59 Å². The number of anilines is 1. The molecule has 0 spiro atoms. The number of benzene rings is 4. The molecule has 4 aromatic carbocycles. The number of hydrogen-bond donors (Lipinski definition) is 2. The van der Waals surface area contributed by atoms with Crippen LogP contribution in [0.1, 0.15) is 28.7 Å². The van der Waals surface area contributed by atoms with Crippen LogP contribution >= 0.6 is 0 Å². The summed E-state index contributed by atoms with van der Waals surface area (Å²) >= 11 is 0. The van der Waals surface area contributed by atoms with Crippen molar-refractivity contribution in [1.82, 2.24) is 5.32 Å². The molecule has 0 heterocycles. The first-order valence-corrected chi connectivity index (χ1v) is 13.4. The van der Waals surface area contributed by atoms with E-state index in [4.69, 9.17) is 29.5 Å². The molecule has 2 N–H and O–H groups in total. The molecule has 4 rings (SSSR count). The smallest absolute Gasteiger partial charge is 0.412 e. The van der Waals surface area contributed by atoms with Crippen LogP contribution in [-0.4, -0.2) is 25.3 Å². The summed E-state index contributed by atoms with van der Waals surface area (Å²) in [6.45, 7) is 0.391. The maximum absolute atomic E-state index is 12.1. The third-order valence-corrected chi connectivity index (χ3v) is 6.15. The van der Waals surface area contributed by atoms with Crippen LogP contribution in [0.15, 0.2) is 97.1 Å². The summed E-state index contributed by atoms with van der Waals surface area (Å²) < 4.78 is 20.0. The van der Waals surface area contributed by atoms with E-state index in [2.05, 4.69) is 10.6 Å². The van der Waals surface area contributed by atoms with Crippen molar-refractivity contribution >= 4 is 17.9 Å². The summed E-state index contributed by atoms with van der Waals surface area (Å²) in [5.74, 6) is 1.39. The Kier molecular flexibility index (Phi) is 10.9. The van der Waals surface area contributed by atoms with Crippen molar-refractivity contribution in [2.45, 2.75) is 19.3 Å². The molecule has 0 bridgehead atoms. The lowest BCUT2D eigenvalue weighted by molar-refractivity contribution is 0.159. The molecule has 0 radical (unpaired) electrons. The predicted molar refractivity (Wildman–Crippen MR) is 157 cm³/mol. The molecule has 0 aliphatic heterocycles. The minimum atomic E-state index is -0.600. The highest BCUT2D eigenvalue weighted by molar-refractivity contribution is 5.84. The van der Waals surface area contributed by atoms with E-state index in [1.807, 2.05) is 48.5 Å². The van der Waals surface area contributed by atoms with Gasteiger partial charge < -0.3 is 24.3 Å². The highest BCUT2D eigenvalue weighted by Gasteiger charge is 2.07. The minimum absolute atomic E-state index is 0.119. The number of ether oxygens (including phenoxy) is 4. The van der Waals surface area contributed by atoms with Crippen molar-refractivity contribution in [3.05, 3.63) is 119 Å². The van der Waals surface area contributed by atoms with Crippen LogP contribution < -0.4 is 24.8 Å². The summed E-state index contributed by atoms with van der Waals surface area (Å²) in [5, 5.41) is 22.4. The molecule has 0 aliphatic rings. The Morgan fingerprint density at radius 3 is 1.51 bits per heavy atom. The fourth-order valence-electron chi connectivity index (χ4n) is 4.03. The Bertz CT molecular complexity index is 1450. The zero-order valence-corrected chi connectivity index (χ0v) is 23.1. The number of carbonyl (C=O) groups is 2. The van der Waals surface area contributed by atoms with Gasteiger partial charge in [-0.05, 0) is 90.0 Å². The molecule has 0 aliphatic carbocycles. The maximum Gasteiger partial charge on any atom is 0.412 e. The fraction of sp³-hybridized carbons (Fsp3) is 0.152. The average Bonchev–Trinajstić information content (AvgIpc) is 3.01. The Morgan fingerprint density at radius 1 is 0.605 bits per heavy atom. The summed E-state index contributed by atoms with van der Waals surface area (Å²) in [6.07, 6.45) is 3.87. The Labute approximate surface area is 249 Å². The quantitative estimate of drug-likeness (QED) is 0.147. The van der Waals surface area contributed by atoms with Gasteiger partial charge in [0.25, 0.3) is 12.5 Å². The van der Waals surface area contributed by atoms with E-state index in [1.54, 1.807) is 61.0 Å². The molecular weight excluding hydrogens is 548 g/mol. The normalized spacial score (nSPS) is 10.0. The second-order valence-corrected chi connectivity index (χ2v) is 9.30. The zero-order valence-electron chi connectivity index (χ0n) is 23.1. The number of rotatable bonds is 12. The van der Waals surface area contributed by atoms with Crippen molar-refractivity contribution in [1.29, 1.82) is 10.5 Å². The van der Waals surface area contributed by atoms with Crippen molar-refractivity contribution in [3.63, 3.8) is 0 Å². The SMILES string of the molecule is N#COc1ccc(Cc2ccc(NC(=O)OCCCNC(=O)Oc3ccc(Cc4ccc(OC#N)cc4)cc3)cc2)cc1. The molecule has 0 atom stereocenters. The molecule has 0 saturated heterocycles. The number of nitriles is 2. The molecule has 4 aromatic rings. The lowest BCUT2D eigenvalue weighted by Crippen LogP contribution is -2.28. The lowest BCUT2D eigenvalue weighted by Gasteiger charge is -2.09. The highest BCUT2D eigenvalue weighted by atomic mass is 16.6. The van der Waals surface area contributed by atoms with E-state index in [0.717, 1.165) is 22.3 Å². The minimum Gasteiger partial charge on any atom is -0.449 e. The third-order valence-electron chi connectivity index (χ3n) is 6.15. The number of carbonyl (C=O) groups excluding carboxylic acids is 2. The fourth-order valence-corrected chi connectivity index (χ4v) is 4.03. The molecule has 0 unspecified atom stereocenters. The Balaban J connectivity index is 1.09. The van der Waals surface area contributed by atoms with E-state index in [9.17, 15) is 9.59 Å². The predicted octanol–water partition coefficient (Wildman–Crippen LogP) is 6.32. The summed E-state index contributed by atoms with van der Waals surface area (Å²) in [6, 6.07) is 29.1. The maximum atomic E-state index is 12.1. The van der Waals surface area contributed by atoms with Gasteiger partial charge in [0.2, 0.25) is 0 Å². The van der Waals surface area contributed by atoms with Crippen LogP contribution in [0.3, 0.4) is 0 Å². The lowest BCUT2D eigenvalue weighted by atomic mass is 10.0. The largest absolute Gasteiger partial charge is 0.449 e. The van der Waals surface area contributed by atoms with E-state index >= 15 is 0 Å². The van der Waals surface area contributed by atoms with Crippen LogP contribution in [-0.2, 0) is 17.6 Å². The number of nitrogens with one attached hydrogen (secondary N) is 2. The monoisotopic (exact) mass is 576 g/mol. The van der Waals surface area contributed by atoms with Gasteiger partial charge in [0.05, 0.1) is 6.61 Å². The van der Waals surface area contributed by atoms with Crippen molar-refractivity contribution in [2.75, 3.05) is 18.5 Å². The molecule has 216 valence electrons.